The first-order valence-electron chi connectivity index (χ1n) is 45.4. The van der Waals surface area contributed by atoms with E-state index in [0.29, 0.717) is 95.1 Å². The monoisotopic (exact) mass is 1970 g/mol. The van der Waals surface area contributed by atoms with Gasteiger partial charge in [-0.1, -0.05) is 68.3 Å². The minimum atomic E-state index is -3.50. The van der Waals surface area contributed by atoms with Crippen molar-refractivity contribution in [3.63, 3.8) is 0 Å². The number of aliphatic hydroxyl groups is 1. The first-order chi connectivity index (χ1) is 65.1. The molecule has 33 nitrogen and oxygen atoms in total. The number of halogens is 2. The second kappa shape index (κ2) is 44.7. The summed E-state index contributed by atoms with van der Waals surface area (Å²) in [5.74, 6) is 1.34. The Hall–Kier alpha value is -12.3. The molecule has 0 radical (unpaired) electrons. The number of hydrogen-bond acceptors (Lipinski definition) is 30. The highest BCUT2D eigenvalue weighted by atomic mass is 79.9. The van der Waals surface area contributed by atoms with Gasteiger partial charge in [0.2, 0.25) is 0 Å². The Morgan fingerprint density at radius 3 is 1.03 bits per heavy atom. The largest absolute Gasteiger partial charge is 0.506 e. The molecule has 7 fully saturated rings. The number of carbonyl (C=O) groups excluding carboxylic acids is 6. The number of phenolic OH excluding ortho intramolecular Hbond substituents is 1. The molecule has 698 valence electrons. The number of rotatable bonds is 13. The number of aromatic hydroxyl groups is 1. The zero-order valence-corrected chi connectivity index (χ0v) is 78.0. The summed E-state index contributed by atoms with van der Waals surface area (Å²) in [6, 6.07) is 38.1. The van der Waals surface area contributed by atoms with Gasteiger partial charge in [-0.2, -0.15) is 8.42 Å². The van der Waals surface area contributed by atoms with Crippen LogP contribution in [0.5, 0.6) is 29.0 Å². The Labute approximate surface area is 791 Å². The fourth-order valence-corrected chi connectivity index (χ4v) is 19.3. The lowest BCUT2D eigenvalue weighted by molar-refractivity contribution is 0.0445. The Morgan fingerprint density at radius 2 is 0.679 bits per heavy atom. The summed E-state index contributed by atoms with van der Waals surface area (Å²) in [7, 11) is -3.50. The van der Waals surface area contributed by atoms with Crippen molar-refractivity contribution in [2.45, 2.75) is 171 Å². The maximum Gasteiger partial charge on any atom is 0.332 e. The van der Waals surface area contributed by atoms with Gasteiger partial charge in [-0.15, -0.1) is 0 Å². The predicted octanol–water partition coefficient (Wildman–Crippen LogP) is 14.6. The van der Waals surface area contributed by atoms with Gasteiger partial charge in [0.15, 0.2) is 0 Å². The summed E-state index contributed by atoms with van der Waals surface area (Å²) < 4.78 is 62.1. The second-order valence-electron chi connectivity index (χ2n) is 33.9. The smallest absolute Gasteiger partial charge is 0.332 e. The number of aliphatic hydroxyl groups excluding tert-OH is 1. The van der Waals surface area contributed by atoms with Crippen molar-refractivity contribution in [2.24, 2.45) is 5.73 Å². The van der Waals surface area contributed by atoms with Crippen molar-refractivity contribution in [2.75, 3.05) is 81.9 Å². The number of hydrogen-bond donors (Lipinski definition) is 3. The highest BCUT2D eigenvalue weighted by Gasteiger charge is 2.45. The second-order valence-corrected chi connectivity index (χ2v) is 37.3. The third-order valence-corrected chi connectivity index (χ3v) is 26.2. The summed E-state index contributed by atoms with van der Waals surface area (Å²) in [5, 5.41) is 18.9. The number of ether oxygens (including phenoxy) is 6. The average molecular weight is 1970 g/mol. The van der Waals surface area contributed by atoms with E-state index in [0.717, 1.165) is 201 Å². The number of fused-ring (bicyclic) bond motifs is 7. The van der Waals surface area contributed by atoms with E-state index in [1.54, 1.807) is 135 Å². The van der Waals surface area contributed by atoms with Crippen LogP contribution in [-0.4, -0.2) is 239 Å². The lowest BCUT2D eigenvalue weighted by atomic mass is 9.91. The quantitative estimate of drug-likeness (QED) is 0.0713. The summed E-state index contributed by atoms with van der Waals surface area (Å²) in [5.41, 5.74) is 17.3. The molecule has 0 bridgehead atoms. The van der Waals surface area contributed by atoms with Crippen LogP contribution < -0.4 is 33.9 Å². The third kappa shape index (κ3) is 23.5. The van der Waals surface area contributed by atoms with E-state index in [1.807, 2.05) is 18.2 Å². The summed E-state index contributed by atoms with van der Waals surface area (Å²) in [6.45, 7) is 8.37. The van der Waals surface area contributed by atoms with Crippen molar-refractivity contribution in [3.05, 3.63) is 232 Å². The molecule has 0 unspecified atom stereocenters. The van der Waals surface area contributed by atoms with Crippen LogP contribution in [0.3, 0.4) is 0 Å². The molecule has 22 rings (SSSR count). The van der Waals surface area contributed by atoms with Crippen molar-refractivity contribution in [3.8, 4) is 29.0 Å². The molecule has 7 aromatic carbocycles. The van der Waals surface area contributed by atoms with Crippen LogP contribution in [0, 0.1) is 0 Å². The van der Waals surface area contributed by atoms with Crippen molar-refractivity contribution >= 4 is 133 Å². The Balaban J connectivity index is 0.000000120. The van der Waals surface area contributed by atoms with Gasteiger partial charge < -0.3 is 58.4 Å². The minimum absolute atomic E-state index is 0.00317. The number of benzene rings is 7. The number of amides is 6. The van der Waals surface area contributed by atoms with Crippen LogP contribution >= 0.6 is 31.9 Å². The Bertz CT molecular complexity index is 6180. The molecule has 6 aliphatic heterocycles. The van der Waals surface area contributed by atoms with Gasteiger partial charge in [0.25, 0.3) is 35.4 Å². The maximum absolute atomic E-state index is 12.9. The zero-order chi connectivity index (χ0) is 93.2. The van der Waals surface area contributed by atoms with Crippen LogP contribution in [-0.2, 0) is 24.3 Å². The van der Waals surface area contributed by atoms with Gasteiger partial charge in [0.1, 0.15) is 45.1 Å². The number of anilines is 2. The van der Waals surface area contributed by atoms with Gasteiger partial charge in [-0.25, -0.2) is 29.9 Å². The van der Waals surface area contributed by atoms with Crippen molar-refractivity contribution in [1.82, 2.24) is 64.5 Å². The number of nitrogens with zero attached hydrogens (tertiary/aromatic N) is 15. The molecule has 3 saturated heterocycles. The molecule has 36 heteroatoms. The van der Waals surface area contributed by atoms with E-state index in [1.165, 1.54) is 46.4 Å². The molecular formula is C98H104Br2N16O17S. The van der Waals surface area contributed by atoms with Crippen LogP contribution in [0.15, 0.2) is 198 Å². The standard InChI is InChI=1S/C26H26N4O4.C22H18BrN3O3.C18H24N4O2.C14H15NO3.C8H5BrN2O.C5H6N2O3S.C5H10O/c31-25-20-3-1-2-4-21(20)26(32)30(25)17-5-7-19(8-6-17)34-23-16-18(29-11-13-33-14-12-29)15-22-24(23)28-10-9-27-22;23-13-11-18-20(25-10-9-24-18)19(12-13)29-15-7-5-14(6-8-15)26-21(27)16-3-1-2-4-17(16)22(26)28;19-13-1-3-15(4-2-13)24-17-12-14(22-7-9-23-10-8-22)11-16-18(17)21-6-5-20-16;16-10-7-5-9(6-8-10)15-13(17)11-3-1-2-4-12(11)14(15)18;9-5-3-6-8(7(12)4-5)11-2-1-10-6;1-11(8,9)10-5-6-3-2-4-7-5;1-2-4-6-5-3-1/h1-4,9-10,15-17,19H,5-8,11-14H2;1-4,9-12,14-15H,5-8H2;5-6,11-13,15H,1-4,7-10,19H2;1-4,9-10,16H,5-8H2;1-4,12H;2-4H,1H3;1-5H2. The highest BCUT2D eigenvalue weighted by molar-refractivity contribution is 9.10. The van der Waals surface area contributed by atoms with Crippen LogP contribution in [0.1, 0.15) is 184 Å². The average Bonchev–Trinajstić information content (AvgIpc) is 1.74. The highest BCUT2D eigenvalue weighted by Crippen LogP contribution is 2.41. The normalized spacial score (nSPS) is 21.5. The number of morpholine rings is 2. The molecule has 134 heavy (non-hydrogen) atoms. The fraction of sp³-hybridized carbons (Fsp3) is 0.388. The Morgan fingerprint density at radius 1 is 0.366 bits per heavy atom. The number of aromatic nitrogens is 10. The number of nitrogens with two attached hydrogens (primary N) is 1. The molecule has 12 aromatic rings. The molecule has 4 aliphatic carbocycles. The number of phenols is 1. The van der Waals surface area contributed by atoms with Gasteiger partial charge in [-0.05, 0) is 201 Å². The van der Waals surface area contributed by atoms with Gasteiger partial charge in [-0.3, -0.25) is 63.4 Å². The first kappa shape index (κ1) is 94.9. The first-order valence-corrected chi connectivity index (χ1v) is 48.8. The molecule has 0 atom stereocenters. The van der Waals surface area contributed by atoms with E-state index in [9.17, 15) is 47.4 Å². The van der Waals surface area contributed by atoms with E-state index < -0.39 is 10.1 Å². The summed E-state index contributed by atoms with van der Waals surface area (Å²) in [4.78, 5) is 126. The van der Waals surface area contributed by atoms with Crippen LogP contribution in [0.4, 0.5) is 11.4 Å². The molecule has 11 heterocycles. The van der Waals surface area contributed by atoms with Crippen molar-refractivity contribution in [1.29, 1.82) is 0 Å². The molecule has 5 aromatic heterocycles. The Kier molecular flexibility index (Phi) is 31.7. The van der Waals surface area contributed by atoms with E-state index >= 15 is 0 Å². The molecular weight excluding hydrogens is 1870 g/mol. The summed E-state index contributed by atoms with van der Waals surface area (Å²) >= 11 is 6.76. The maximum atomic E-state index is 12.9. The lowest BCUT2D eigenvalue weighted by Gasteiger charge is -2.34. The molecule has 4 N–H and O–H groups in total. The molecule has 4 saturated carbocycles. The van der Waals surface area contributed by atoms with Gasteiger partial charge in [0.05, 0.1) is 113 Å². The fourth-order valence-electron chi connectivity index (χ4n) is 18.0. The lowest BCUT2D eigenvalue weighted by Crippen LogP contribution is -2.43. The number of imide groups is 3. The predicted molar refractivity (Wildman–Crippen MR) is 507 cm³/mol. The van der Waals surface area contributed by atoms with Crippen LogP contribution in [0.25, 0.3) is 44.1 Å². The van der Waals surface area contributed by atoms with E-state index in [2.05, 4.69) is 120 Å². The molecule has 10 aliphatic rings. The third-order valence-electron chi connectivity index (χ3n) is 24.8. The topological polar surface area (TPSA) is 413 Å². The van der Waals surface area contributed by atoms with Crippen molar-refractivity contribution < 1.29 is 80.0 Å². The van der Waals surface area contributed by atoms with Gasteiger partial charge >= 0.3 is 16.1 Å². The summed E-state index contributed by atoms with van der Waals surface area (Å²) in [6.07, 6.45) is 33.7. The van der Waals surface area contributed by atoms with E-state index in [-0.39, 0.29) is 89.7 Å². The van der Waals surface area contributed by atoms with E-state index in [4.69, 9.17) is 34.2 Å². The molecule has 0 spiro atoms. The SMILES string of the molecule is C1CCOCC1.CS(=O)(=O)Oc1ncccn1.NC1CCC(Oc2cc(N3CCOCC3)cc3nccnc23)CC1.O=C1c2ccccc2C(=O)N1C1CCC(O)CC1.O=C1c2ccccc2C(=O)N1C1CCC(Oc2cc(Br)cc3nccnc23)CC1.O=C1c2ccccc2C(=O)N1C1CCC(Oc2cc(N3CCOCC3)cc3nccnc23)CC1.Oc1cc(Br)cc2nccnc12. The zero-order valence-electron chi connectivity index (χ0n) is 74.0. The van der Waals surface area contributed by atoms with Gasteiger partial charge in [0, 0.05) is 158 Å². The molecule has 6 amide bonds. The van der Waals surface area contributed by atoms with Crippen LogP contribution in [0.2, 0.25) is 0 Å². The minimum Gasteiger partial charge on any atom is -0.506 e. The number of carbonyl (C=O) groups is 6.